The number of benzene rings is 1. The summed E-state index contributed by atoms with van der Waals surface area (Å²) in [6, 6.07) is 2.19. The molecule has 1 atom stereocenters. The highest BCUT2D eigenvalue weighted by Crippen LogP contribution is 2.24. The van der Waals surface area contributed by atoms with Gasteiger partial charge >= 0.3 is 0 Å². The van der Waals surface area contributed by atoms with Gasteiger partial charge < -0.3 is 10.6 Å². The van der Waals surface area contributed by atoms with Crippen LogP contribution < -0.4 is 10.5 Å². The lowest BCUT2D eigenvalue weighted by atomic mass is 10.2. The molecule has 0 heterocycles. The molecule has 20 heavy (non-hydrogen) atoms. The van der Waals surface area contributed by atoms with Gasteiger partial charge in [0.05, 0.1) is 9.92 Å². The summed E-state index contributed by atoms with van der Waals surface area (Å²) < 4.78 is 40.3. The summed E-state index contributed by atoms with van der Waals surface area (Å²) in [5.74, 6) is -0.796. The van der Waals surface area contributed by atoms with Crippen LogP contribution in [-0.2, 0) is 16.6 Å². The van der Waals surface area contributed by atoms with Crippen molar-refractivity contribution in [2.24, 2.45) is 5.73 Å². The Kier molecular flexibility index (Phi) is 5.91. The van der Waals surface area contributed by atoms with Crippen molar-refractivity contribution in [2.75, 3.05) is 20.6 Å². The van der Waals surface area contributed by atoms with Crippen LogP contribution in [0.5, 0.6) is 0 Å². The summed E-state index contributed by atoms with van der Waals surface area (Å²) in [6.45, 7) is 2.06. The first kappa shape index (κ1) is 17.3. The first-order valence-corrected chi connectivity index (χ1v) is 7.89. The Hall–Kier alpha value is -0.730. The first-order chi connectivity index (χ1) is 9.19. The van der Waals surface area contributed by atoms with Gasteiger partial charge in [0, 0.05) is 19.1 Å². The number of hydrogen-bond acceptors (Lipinski definition) is 4. The van der Waals surface area contributed by atoms with E-state index in [2.05, 4.69) is 4.72 Å². The minimum Gasteiger partial charge on any atom is -0.326 e. The maximum Gasteiger partial charge on any atom is 0.240 e. The molecule has 0 amide bonds. The van der Waals surface area contributed by atoms with Crippen LogP contribution in [0.2, 0.25) is 5.02 Å². The van der Waals surface area contributed by atoms with Crippen molar-refractivity contribution in [3.8, 4) is 0 Å². The SMILES string of the molecule is CC(CNS(=O)(=O)c1cc(F)c(Cl)c(CN)c1)N(C)C. The van der Waals surface area contributed by atoms with E-state index in [0.29, 0.717) is 0 Å². The topological polar surface area (TPSA) is 75.4 Å². The molecule has 0 aliphatic carbocycles. The van der Waals surface area contributed by atoms with Gasteiger partial charge in [-0.2, -0.15) is 0 Å². The molecule has 8 heteroatoms. The number of nitrogens with two attached hydrogens (primary N) is 1. The average molecular weight is 324 g/mol. The third-order valence-corrected chi connectivity index (χ3v) is 4.88. The second-order valence-electron chi connectivity index (χ2n) is 4.75. The summed E-state index contributed by atoms with van der Waals surface area (Å²) >= 11 is 5.71. The quantitative estimate of drug-likeness (QED) is 0.824. The molecule has 0 bridgehead atoms. The van der Waals surface area contributed by atoms with Crippen molar-refractivity contribution in [1.29, 1.82) is 0 Å². The molecule has 0 aliphatic rings. The van der Waals surface area contributed by atoms with E-state index in [1.807, 2.05) is 25.9 Å². The zero-order valence-corrected chi connectivity index (χ0v) is 13.2. The van der Waals surface area contributed by atoms with Crippen LogP contribution in [0, 0.1) is 5.82 Å². The standard InChI is InChI=1S/C12H19ClFN3O2S/c1-8(17(2)3)7-16-20(18,19)10-4-9(6-15)12(13)11(14)5-10/h4-5,8,16H,6-7,15H2,1-3H3. The van der Waals surface area contributed by atoms with Crippen LogP contribution in [0.3, 0.4) is 0 Å². The highest BCUT2D eigenvalue weighted by molar-refractivity contribution is 7.89. The molecule has 1 unspecified atom stereocenters. The van der Waals surface area contributed by atoms with Crippen molar-refractivity contribution in [2.45, 2.75) is 24.4 Å². The zero-order valence-electron chi connectivity index (χ0n) is 11.7. The molecule has 5 nitrogen and oxygen atoms in total. The van der Waals surface area contributed by atoms with E-state index in [-0.39, 0.29) is 34.6 Å². The molecule has 0 aliphatic heterocycles. The lowest BCUT2D eigenvalue weighted by molar-refractivity contribution is 0.314. The molecule has 1 rings (SSSR count). The van der Waals surface area contributed by atoms with Gasteiger partial charge in [0.1, 0.15) is 5.82 Å². The average Bonchev–Trinajstić information content (AvgIpc) is 2.38. The largest absolute Gasteiger partial charge is 0.326 e. The first-order valence-electron chi connectivity index (χ1n) is 6.03. The van der Waals surface area contributed by atoms with Gasteiger partial charge in [-0.15, -0.1) is 0 Å². The van der Waals surface area contributed by atoms with Crippen molar-refractivity contribution >= 4 is 21.6 Å². The van der Waals surface area contributed by atoms with Gasteiger partial charge in [0.2, 0.25) is 10.0 Å². The van der Waals surface area contributed by atoms with Crippen molar-refractivity contribution in [3.05, 3.63) is 28.5 Å². The van der Waals surface area contributed by atoms with Gasteiger partial charge in [-0.3, -0.25) is 0 Å². The third kappa shape index (κ3) is 4.13. The molecule has 0 fully saturated rings. The van der Waals surface area contributed by atoms with Gasteiger partial charge in [-0.05, 0) is 38.7 Å². The molecule has 0 spiro atoms. The van der Waals surface area contributed by atoms with E-state index in [4.69, 9.17) is 17.3 Å². The van der Waals surface area contributed by atoms with Crippen molar-refractivity contribution in [3.63, 3.8) is 0 Å². The van der Waals surface area contributed by atoms with Gasteiger partial charge in [0.25, 0.3) is 0 Å². The molecule has 3 N–H and O–H groups in total. The fraction of sp³-hybridized carbons (Fsp3) is 0.500. The molecular formula is C12H19ClFN3O2S. The van der Waals surface area contributed by atoms with Crippen LogP contribution in [0.4, 0.5) is 4.39 Å². The number of nitrogens with zero attached hydrogens (tertiary/aromatic N) is 1. The van der Waals surface area contributed by atoms with Crippen LogP contribution in [0.25, 0.3) is 0 Å². The Morgan fingerprint density at radius 1 is 1.45 bits per heavy atom. The molecule has 0 radical (unpaired) electrons. The van der Waals surface area contributed by atoms with E-state index in [1.54, 1.807) is 0 Å². The molecular weight excluding hydrogens is 305 g/mol. The van der Waals surface area contributed by atoms with E-state index in [0.717, 1.165) is 6.07 Å². The summed E-state index contributed by atoms with van der Waals surface area (Å²) in [6.07, 6.45) is 0. The molecule has 0 aromatic heterocycles. The van der Waals surface area contributed by atoms with Gasteiger partial charge in [-0.1, -0.05) is 11.6 Å². The van der Waals surface area contributed by atoms with Crippen LogP contribution in [0.1, 0.15) is 12.5 Å². The Balaban J connectivity index is 3.01. The third-order valence-electron chi connectivity index (χ3n) is 3.06. The highest BCUT2D eigenvalue weighted by atomic mass is 35.5. The zero-order chi connectivity index (χ0) is 15.5. The normalized spacial score (nSPS) is 13.8. The lowest BCUT2D eigenvalue weighted by Crippen LogP contribution is -2.38. The Bertz CT molecular complexity index is 578. The molecule has 1 aromatic carbocycles. The number of nitrogens with one attached hydrogen (secondary N) is 1. The lowest BCUT2D eigenvalue weighted by Gasteiger charge is -2.20. The Morgan fingerprint density at radius 3 is 2.55 bits per heavy atom. The fourth-order valence-electron chi connectivity index (χ4n) is 1.42. The number of sulfonamides is 1. The van der Waals surface area contributed by atoms with Crippen molar-refractivity contribution in [1.82, 2.24) is 9.62 Å². The predicted molar refractivity (Wildman–Crippen MR) is 77.6 cm³/mol. The number of halogens is 2. The number of hydrogen-bond donors (Lipinski definition) is 2. The highest BCUT2D eigenvalue weighted by Gasteiger charge is 2.19. The van der Waals surface area contributed by atoms with Crippen molar-refractivity contribution < 1.29 is 12.8 Å². The smallest absolute Gasteiger partial charge is 0.240 e. The summed E-state index contributed by atoms with van der Waals surface area (Å²) in [5.41, 5.74) is 5.68. The summed E-state index contributed by atoms with van der Waals surface area (Å²) in [4.78, 5) is 1.70. The van der Waals surface area contributed by atoms with E-state index in [9.17, 15) is 12.8 Å². The minimum atomic E-state index is -3.79. The number of likely N-dealkylation sites (N-methyl/N-ethyl adjacent to an activating group) is 1. The maximum absolute atomic E-state index is 13.6. The fourth-order valence-corrected chi connectivity index (χ4v) is 2.79. The van der Waals surface area contributed by atoms with Gasteiger partial charge in [-0.25, -0.2) is 17.5 Å². The number of rotatable bonds is 6. The second-order valence-corrected chi connectivity index (χ2v) is 6.89. The Morgan fingerprint density at radius 2 is 2.05 bits per heavy atom. The van der Waals surface area contributed by atoms with E-state index < -0.39 is 15.8 Å². The van der Waals surface area contributed by atoms with Crippen LogP contribution in [-0.4, -0.2) is 40.0 Å². The summed E-state index contributed by atoms with van der Waals surface area (Å²) in [5, 5.41) is -0.145. The molecule has 1 aromatic rings. The van der Waals surface area contributed by atoms with Crippen LogP contribution >= 0.6 is 11.6 Å². The Labute approximate surface area is 124 Å². The second kappa shape index (κ2) is 6.82. The van der Waals surface area contributed by atoms with Gasteiger partial charge in [0.15, 0.2) is 0 Å². The van der Waals surface area contributed by atoms with E-state index in [1.165, 1.54) is 6.07 Å². The molecule has 0 saturated carbocycles. The summed E-state index contributed by atoms with van der Waals surface area (Å²) in [7, 11) is -0.110. The predicted octanol–water partition coefficient (Wildman–Crippen LogP) is 1.17. The van der Waals surface area contributed by atoms with Crippen LogP contribution in [0.15, 0.2) is 17.0 Å². The monoisotopic (exact) mass is 323 g/mol. The minimum absolute atomic E-state index is 0.0101. The van der Waals surface area contributed by atoms with E-state index >= 15 is 0 Å². The maximum atomic E-state index is 13.6. The molecule has 0 saturated heterocycles. The molecule has 114 valence electrons.